The van der Waals surface area contributed by atoms with Crippen LogP contribution in [-0.4, -0.2) is 5.75 Å². The molecule has 0 aromatic carbocycles. The van der Waals surface area contributed by atoms with Gasteiger partial charge >= 0.3 is 0 Å². The van der Waals surface area contributed by atoms with E-state index in [0.29, 0.717) is 0 Å². The molecule has 0 radical (unpaired) electrons. The highest BCUT2D eigenvalue weighted by Gasteiger charge is 2.11. The molecule has 0 aliphatic carbocycles. The van der Waals surface area contributed by atoms with Crippen molar-refractivity contribution in [2.75, 3.05) is 5.75 Å². The van der Waals surface area contributed by atoms with Crippen molar-refractivity contribution in [2.24, 2.45) is 0 Å². The Morgan fingerprint density at radius 1 is 1.42 bits per heavy atom. The Morgan fingerprint density at radius 2 is 2.25 bits per heavy atom. The Morgan fingerprint density at radius 3 is 2.75 bits per heavy atom. The Balaban J connectivity index is 2.46. The number of hydrogen-bond acceptors (Lipinski definition) is 1. The molecule has 0 aromatic rings. The van der Waals surface area contributed by atoms with Crippen molar-refractivity contribution in [1.29, 1.82) is 0 Å². The number of rotatable bonds is 4. The van der Waals surface area contributed by atoms with Gasteiger partial charge in [0.05, 0.1) is 0 Å². The summed E-state index contributed by atoms with van der Waals surface area (Å²) in [6.07, 6.45) is 8.14. The highest BCUT2D eigenvalue weighted by atomic mass is 32.2. The van der Waals surface area contributed by atoms with Gasteiger partial charge in [-0.15, -0.1) is 11.8 Å². The molecule has 0 saturated carbocycles. The van der Waals surface area contributed by atoms with Crippen LogP contribution in [0.15, 0.2) is 10.5 Å². The standard InChI is InChI=1S/C11H20S/c1-3-5-7-10(4-2)11-8-6-9-12-11/h3-9H2,1-2H3/b11-10+. The molecule has 0 nitrogen and oxygen atoms in total. The van der Waals surface area contributed by atoms with E-state index in [2.05, 4.69) is 25.6 Å². The van der Waals surface area contributed by atoms with E-state index in [1.54, 1.807) is 10.5 Å². The summed E-state index contributed by atoms with van der Waals surface area (Å²) >= 11 is 2.11. The molecule has 1 aliphatic rings. The van der Waals surface area contributed by atoms with Crippen LogP contribution in [0.4, 0.5) is 0 Å². The van der Waals surface area contributed by atoms with Crippen LogP contribution in [0.3, 0.4) is 0 Å². The zero-order valence-electron chi connectivity index (χ0n) is 8.36. The van der Waals surface area contributed by atoms with E-state index < -0.39 is 0 Å². The molecule has 1 aliphatic heterocycles. The van der Waals surface area contributed by atoms with Crippen LogP contribution in [-0.2, 0) is 0 Å². The summed E-state index contributed by atoms with van der Waals surface area (Å²) < 4.78 is 0. The zero-order valence-corrected chi connectivity index (χ0v) is 9.17. The summed E-state index contributed by atoms with van der Waals surface area (Å²) in [5.41, 5.74) is 1.75. The number of allylic oxidation sites excluding steroid dienone is 2. The highest BCUT2D eigenvalue weighted by Crippen LogP contribution is 2.35. The van der Waals surface area contributed by atoms with E-state index in [-0.39, 0.29) is 0 Å². The van der Waals surface area contributed by atoms with Crippen molar-refractivity contribution in [3.8, 4) is 0 Å². The maximum atomic E-state index is 2.30. The topological polar surface area (TPSA) is 0 Å². The van der Waals surface area contributed by atoms with E-state index >= 15 is 0 Å². The summed E-state index contributed by atoms with van der Waals surface area (Å²) in [4.78, 5) is 1.73. The smallest absolute Gasteiger partial charge is 0.00199 e. The van der Waals surface area contributed by atoms with Gasteiger partial charge in [0.25, 0.3) is 0 Å². The minimum absolute atomic E-state index is 1.28. The van der Waals surface area contributed by atoms with Gasteiger partial charge in [0.1, 0.15) is 0 Å². The SMILES string of the molecule is CCCC/C(CC)=C1\CCCS1. The van der Waals surface area contributed by atoms with Gasteiger partial charge in [-0.25, -0.2) is 0 Å². The lowest BCUT2D eigenvalue weighted by Crippen LogP contribution is -1.85. The lowest BCUT2D eigenvalue weighted by molar-refractivity contribution is 0.758. The van der Waals surface area contributed by atoms with E-state index in [1.165, 1.54) is 44.3 Å². The summed E-state index contributed by atoms with van der Waals surface area (Å²) in [5, 5.41) is 0. The molecule has 1 heteroatoms. The fraction of sp³-hybridized carbons (Fsp3) is 0.818. The third-order valence-corrected chi connectivity index (χ3v) is 3.81. The molecule has 70 valence electrons. The first kappa shape index (κ1) is 10.2. The quantitative estimate of drug-likeness (QED) is 0.625. The molecule has 0 amide bonds. The first-order chi connectivity index (χ1) is 5.88. The number of hydrogen-bond donors (Lipinski definition) is 0. The Hall–Kier alpha value is 0.0900. The second-order valence-electron chi connectivity index (χ2n) is 3.44. The maximum Gasteiger partial charge on any atom is -0.00199 e. The second-order valence-corrected chi connectivity index (χ2v) is 4.63. The van der Waals surface area contributed by atoms with Gasteiger partial charge in [0.15, 0.2) is 0 Å². The molecule has 0 N–H and O–H groups in total. The van der Waals surface area contributed by atoms with Crippen LogP contribution < -0.4 is 0 Å². The fourth-order valence-corrected chi connectivity index (χ4v) is 2.96. The van der Waals surface area contributed by atoms with Crippen LogP contribution >= 0.6 is 11.8 Å². The summed E-state index contributed by atoms with van der Waals surface area (Å²) in [6, 6.07) is 0. The van der Waals surface area contributed by atoms with Crippen LogP contribution in [0.1, 0.15) is 52.4 Å². The molecule has 1 saturated heterocycles. The Labute approximate surface area is 80.8 Å². The van der Waals surface area contributed by atoms with Crippen molar-refractivity contribution in [1.82, 2.24) is 0 Å². The van der Waals surface area contributed by atoms with Crippen molar-refractivity contribution in [3.63, 3.8) is 0 Å². The first-order valence-corrected chi connectivity index (χ1v) is 6.20. The number of unbranched alkanes of at least 4 members (excludes halogenated alkanes) is 1. The lowest BCUT2D eigenvalue weighted by atomic mass is 10.0. The van der Waals surface area contributed by atoms with Crippen molar-refractivity contribution in [3.05, 3.63) is 10.5 Å². The monoisotopic (exact) mass is 184 g/mol. The van der Waals surface area contributed by atoms with Crippen LogP contribution in [0, 0.1) is 0 Å². The summed E-state index contributed by atoms with van der Waals surface area (Å²) in [6.45, 7) is 4.58. The zero-order chi connectivity index (χ0) is 8.81. The third kappa shape index (κ3) is 2.85. The van der Waals surface area contributed by atoms with E-state index in [4.69, 9.17) is 0 Å². The number of thioether (sulfide) groups is 1. The largest absolute Gasteiger partial charge is 0.131 e. The molecular formula is C11H20S. The molecule has 0 spiro atoms. The van der Waals surface area contributed by atoms with Gasteiger partial charge < -0.3 is 0 Å². The molecule has 1 heterocycles. The minimum Gasteiger partial charge on any atom is -0.131 e. The lowest BCUT2D eigenvalue weighted by Gasteiger charge is -2.07. The second kappa shape index (κ2) is 5.69. The van der Waals surface area contributed by atoms with Crippen molar-refractivity contribution < 1.29 is 0 Å². The highest BCUT2D eigenvalue weighted by molar-refractivity contribution is 8.03. The van der Waals surface area contributed by atoms with E-state index in [0.717, 1.165) is 0 Å². The predicted molar refractivity (Wildman–Crippen MR) is 58.5 cm³/mol. The predicted octanol–water partition coefficient (Wildman–Crippen LogP) is 4.37. The van der Waals surface area contributed by atoms with E-state index in [1.807, 2.05) is 0 Å². The van der Waals surface area contributed by atoms with Crippen molar-refractivity contribution in [2.45, 2.75) is 52.4 Å². The normalized spacial score (nSPS) is 21.5. The summed E-state index contributed by atoms with van der Waals surface area (Å²) in [7, 11) is 0. The molecule has 1 fully saturated rings. The maximum absolute atomic E-state index is 2.30. The molecule has 0 atom stereocenters. The molecule has 0 aromatic heterocycles. The Bertz CT molecular complexity index is 150. The van der Waals surface area contributed by atoms with E-state index in [9.17, 15) is 0 Å². The first-order valence-electron chi connectivity index (χ1n) is 5.22. The molecule has 0 unspecified atom stereocenters. The van der Waals surface area contributed by atoms with Gasteiger partial charge in [-0.05, 0) is 42.8 Å². The van der Waals surface area contributed by atoms with Gasteiger partial charge in [-0.3, -0.25) is 0 Å². The fourth-order valence-electron chi connectivity index (χ4n) is 1.68. The average molecular weight is 184 g/mol. The van der Waals surface area contributed by atoms with Gasteiger partial charge in [-0.1, -0.05) is 25.8 Å². The third-order valence-electron chi connectivity index (χ3n) is 2.48. The Kier molecular flexibility index (Phi) is 4.82. The van der Waals surface area contributed by atoms with Crippen LogP contribution in [0.5, 0.6) is 0 Å². The molecule has 0 bridgehead atoms. The van der Waals surface area contributed by atoms with Crippen LogP contribution in [0.2, 0.25) is 0 Å². The molecule has 12 heavy (non-hydrogen) atoms. The molecule has 1 rings (SSSR count). The minimum atomic E-state index is 1.28. The van der Waals surface area contributed by atoms with Gasteiger partial charge in [0.2, 0.25) is 0 Å². The van der Waals surface area contributed by atoms with Gasteiger partial charge in [0, 0.05) is 0 Å². The molecular weight excluding hydrogens is 164 g/mol. The van der Waals surface area contributed by atoms with Crippen LogP contribution in [0.25, 0.3) is 0 Å². The average Bonchev–Trinajstić information content (AvgIpc) is 2.59. The van der Waals surface area contributed by atoms with Gasteiger partial charge in [-0.2, -0.15) is 0 Å². The summed E-state index contributed by atoms with van der Waals surface area (Å²) in [5.74, 6) is 1.37. The van der Waals surface area contributed by atoms with Crippen molar-refractivity contribution >= 4 is 11.8 Å².